The molecule has 0 aromatic heterocycles. The van der Waals surface area contributed by atoms with Gasteiger partial charge in [-0.25, -0.2) is 0 Å². The van der Waals surface area contributed by atoms with E-state index in [9.17, 15) is 4.79 Å². The van der Waals surface area contributed by atoms with E-state index in [1.54, 1.807) is 7.11 Å². The van der Waals surface area contributed by atoms with Crippen LogP contribution in [0.1, 0.15) is 6.42 Å². The zero-order chi connectivity index (χ0) is 13.5. The van der Waals surface area contributed by atoms with Crippen LogP contribution in [0.25, 0.3) is 0 Å². The van der Waals surface area contributed by atoms with Crippen molar-refractivity contribution in [2.24, 2.45) is 0 Å². The van der Waals surface area contributed by atoms with Crippen LogP contribution in [0.5, 0.6) is 5.75 Å². The molecule has 0 unspecified atom stereocenters. The Morgan fingerprint density at radius 3 is 2.80 bits per heavy atom. The molecule has 1 amide bonds. The van der Waals surface area contributed by atoms with Crippen molar-refractivity contribution in [3.05, 3.63) is 30.3 Å². The average Bonchev–Trinajstić information content (AvgIpc) is 2.87. The van der Waals surface area contributed by atoms with Crippen LogP contribution in [0.15, 0.2) is 30.3 Å². The summed E-state index contributed by atoms with van der Waals surface area (Å²) in [6.07, 6.45) is 0.404. The SMILES string of the molecule is CO[C@H]1CNC[C@@H]1NC(=O)CCOc1ccccc1.Cl. The molecule has 0 aliphatic carbocycles. The minimum absolute atomic E-state index is 0. The third kappa shape index (κ3) is 5.00. The first-order chi connectivity index (χ1) is 9.29. The third-order valence-corrected chi connectivity index (χ3v) is 3.15. The van der Waals surface area contributed by atoms with Gasteiger partial charge in [0.05, 0.1) is 25.2 Å². The van der Waals surface area contributed by atoms with Crippen LogP contribution in [-0.2, 0) is 9.53 Å². The molecule has 2 N–H and O–H groups in total. The molecular weight excluding hydrogens is 280 g/mol. The number of hydrogen-bond acceptors (Lipinski definition) is 4. The molecule has 2 rings (SSSR count). The number of amides is 1. The lowest BCUT2D eigenvalue weighted by atomic mass is 10.2. The Balaban J connectivity index is 0.00000200. The predicted molar refractivity (Wildman–Crippen MR) is 79.4 cm³/mol. The zero-order valence-electron chi connectivity index (χ0n) is 11.5. The maximum absolute atomic E-state index is 11.8. The number of methoxy groups -OCH3 is 1. The maximum Gasteiger partial charge on any atom is 0.223 e. The molecule has 6 heteroatoms. The Hall–Kier alpha value is -1.30. The maximum atomic E-state index is 11.8. The summed E-state index contributed by atoms with van der Waals surface area (Å²) in [4.78, 5) is 11.8. The second kappa shape index (κ2) is 8.79. The van der Waals surface area contributed by atoms with E-state index in [1.807, 2.05) is 30.3 Å². The summed E-state index contributed by atoms with van der Waals surface area (Å²) >= 11 is 0. The largest absolute Gasteiger partial charge is 0.493 e. The molecule has 1 saturated heterocycles. The van der Waals surface area contributed by atoms with Gasteiger partial charge in [-0.15, -0.1) is 12.4 Å². The lowest BCUT2D eigenvalue weighted by Gasteiger charge is -2.18. The molecule has 1 aromatic rings. The van der Waals surface area contributed by atoms with E-state index in [2.05, 4.69) is 10.6 Å². The van der Waals surface area contributed by atoms with Gasteiger partial charge < -0.3 is 20.1 Å². The molecule has 0 radical (unpaired) electrons. The summed E-state index contributed by atoms with van der Waals surface area (Å²) in [5.41, 5.74) is 0. The van der Waals surface area contributed by atoms with E-state index >= 15 is 0 Å². The zero-order valence-corrected chi connectivity index (χ0v) is 12.3. The van der Waals surface area contributed by atoms with Crippen molar-refractivity contribution in [3.8, 4) is 5.75 Å². The topological polar surface area (TPSA) is 59.6 Å². The number of ether oxygens (including phenoxy) is 2. The second-order valence-corrected chi connectivity index (χ2v) is 4.52. The van der Waals surface area contributed by atoms with Crippen LogP contribution in [0.3, 0.4) is 0 Å². The number of halogens is 1. The van der Waals surface area contributed by atoms with Crippen LogP contribution >= 0.6 is 12.4 Å². The van der Waals surface area contributed by atoms with Crippen molar-refractivity contribution in [1.82, 2.24) is 10.6 Å². The van der Waals surface area contributed by atoms with Crippen molar-refractivity contribution < 1.29 is 14.3 Å². The first-order valence-electron chi connectivity index (χ1n) is 6.50. The number of benzene rings is 1. The molecule has 2 atom stereocenters. The van der Waals surface area contributed by atoms with E-state index in [4.69, 9.17) is 9.47 Å². The number of carbonyl (C=O) groups is 1. The molecular formula is C14H21ClN2O3. The number of nitrogens with one attached hydrogen (secondary N) is 2. The minimum atomic E-state index is -0.00770. The summed E-state index contributed by atoms with van der Waals surface area (Å²) in [5, 5.41) is 6.15. The van der Waals surface area contributed by atoms with Gasteiger partial charge in [0, 0.05) is 20.2 Å². The van der Waals surface area contributed by atoms with Gasteiger partial charge in [-0.05, 0) is 12.1 Å². The van der Waals surface area contributed by atoms with E-state index in [1.165, 1.54) is 0 Å². The first kappa shape index (κ1) is 16.8. The monoisotopic (exact) mass is 300 g/mol. The highest BCUT2D eigenvalue weighted by Gasteiger charge is 2.27. The summed E-state index contributed by atoms with van der Waals surface area (Å²) in [5.74, 6) is 0.777. The Morgan fingerprint density at radius 1 is 1.35 bits per heavy atom. The van der Waals surface area contributed by atoms with Crippen LogP contribution in [0.2, 0.25) is 0 Å². The predicted octanol–water partition coefficient (Wildman–Crippen LogP) is 0.980. The molecule has 0 saturated carbocycles. The normalized spacial score (nSPS) is 21.1. The van der Waals surface area contributed by atoms with Gasteiger partial charge in [0.2, 0.25) is 5.91 Å². The standard InChI is InChI=1S/C14H20N2O3.ClH/c1-18-13-10-15-9-12(13)16-14(17)7-8-19-11-5-3-2-4-6-11;/h2-6,12-13,15H,7-10H2,1H3,(H,16,17);1H/t12-,13-;/m0./s1. The van der Waals surface area contributed by atoms with Gasteiger partial charge >= 0.3 is 0 Å². The highest BCUT2D eigenvalue weighted by Crippen LogP contribution is 2.08. The van der Waals surface area contributed by atoms with Crippen molar-refractivity contribution in [1.29, 1.82) is 0 Å². The Morgan fingerprint density at radius 2 is 2.10 bits per heavy atom. The van der Waals surface area contributed by atoms with Crippen LogP contribution in [0.4, 0.5) is 0 Å². The Labute approximate surface area is 125 Å². The highest BCUT2D eigenvalue weighted by molar-refractivity contribution is 5.85. The van der Waals surface area contributed by atoms with Gasteiger partial charge in [0.25, 0.3) is 0 Å². The van der Waals surface area contributed by atoms with Crippen molar-refractivity contribution in [2.75, 3.05) is 26.8 Å². The molecule has 1 heterocycles. The Kier molecular flexibility index (Phi) is 7.36. The van der Waals surface area contributed by atoms with Crippen LogP contribution in [0, 0.1) is 0 Å². The molecule has 1 aliphatic rings. The summed E-state index contributed by atoms with van der Waals surface area (Å²) < 4.78 is 10.8. The fraction of sp³-hybridized carbons (Fsp3) is 0.500. The van der Waals surface area contributed by atoms with Gasteiger partial charge in [0.1, 0.15) is 5.75 Å². The van der Waals surface area contributed by atoms with Gasteiger partial charge in [-0.3, -0.25) is 4.79 Å². The molecule has 1 aromatic carbocycles. The molecule has 1 fully saturated rings. The molecule has 1 aliphatic heterocycles. The Bertz CT molecular complexity index is 403. The van der Waals surface area contributed by atoms with Gasteiger partial charge in [0.15, 0.2) is 0 Å². The van der Waals surface area contributed by atoms with E-state index in [0.717, 1.165) is 18.8 Å². The van der Waals surface area contributed by atoms with Crippen LogP contribution in [-0.4, -0.2) is 44.9 Å². The van der Waals surface area contributed by atoms with Crippen molar-refractivity contribution >= 4 is 18.3 Å². The molecule has 5 nitrogen and oxygen atoms in total. The van der Waals surface area contributed by atoms with E-state index in [-0.39, 0.29) is 30.5 Å². The molecule has 20 heavy (non-hydrogen) atoms. The number of rotatable bonds is 6. The quantitative estimate of drug-likeness (QED) is 0.822. The molecule has 112 valence electrons. The summed E-state index contributed by atoms with van der Waals surface area (Å²) in [7, 11) is 1.66. The van der Waals surface area contributed by atoms with E-state index < -0.39 is 0 Å². The van der Waals surface area contributed by atoms with Gasteiger partial charge in [-0.2, -0.15) is 0 Å². The first-order valence-corrected chi connectivity index (χ1v) is 6.50. The highest BCUT2D eigenvalue weighted by atomic mass is 35.5. The second-order valence-electron chi connectivity index (χ2n) is 4.52. The lowest BCUT2D eigenvalue weighted by molar-refractivity contribution is -0.122. The molecule has 0 bridgehead atoms. The van der Waals surface area contributed by atoms with E-state index in [0.29, 0.717) is 13.0 Å². The smallest absolute Gasteiger partial charge is 0.223 e. The summed E-state index contributed by atoms with van der Waals surface area (Å²) in [6.45, 7) is 1.92. The van der Waals surface area contributed by atoms with Crippen LogP contribution < -0.4 is 15.4 Å². The van der Waals surface area contributed by atoms with Crippen molar-refractivity contribution in [2.45, 2.75) is 18.6 Å². The summed E-state index contributed by atoms with van der Waals surface area (Å²) in [6, 6.07) is 9.54. The van der Waals surface area contributed by atoms with Gasteiger partial charge in [-0.1, -0.05) is 18.2 Å². The number of carbonyl (C=O) groups excluding carboxylic acids is 1. The number of para-hydroxylation sites is 1. The number of hydrogen-bond donors (Lipinski definition) is 2. The average molecular weight is 301 g/mol. The lowest BCUT2D eigenvalue weighted by Crippen LogP contribution is -2.43. The molecule has 0 spiro atoms. The minimum Gasteiger partial charge on any atom is -0.493 e. The fourth-order valence-corrected chi connectivity index (χ4v) is 2.10. The van der Waals surface area contributed by atoms with Crippen molar-refractivity contribution in [3.63, 3.8) is 0 Å². The third-order valence-electron chi connectivity index (χ3n) is 3.15. The fourth-order valence-electron chi connectivity index (χ4n) is 2.10.